The summed E-state index contributed by atoms with van der Waals surface area (Å²) in [4.78, 5) is 33.3. The Morgan fingerprint density at radius 2 is 2.07 bits per heavy atom. The van der Waals surface area contributed by atoms with Gasteiger partial charge in [-0.25, -0.2) is 0 Å². The van der Waals surface area contributed by atoms with E-state index in [1.165, 1.54) is 0 Å². The van der Waals surface area contributed by atoms with Crippen molar-refractivity contribution in [1.82, 2.24) is 20.1 Å². The van der Waals surface area contributed by atoms with Gasteiger partial charge in [-0.05, 0) is 43.4 Å². The summed E-state index contributed by atoms with van der Waals surface area (Å²) in [6.45, 7) is 5.54. The number of aromatic nitrogens is 1. The lowest BCUT2D eigenvalue weighted by Crippen LogP contribution is -2.53. The minimum Gasteiger partial charge on any atom is -0.358 e. The highest BCUT2D eigenvalue weighted by Crippen LogP contribution is 2.25. The molecule has 0 unspecified atom stereocenters. The summed E-state index contributed by atoms with van der Waals surface area (Å²) >= 11 is 0. The first-order valence-corrected chi connectivity index (χ1v) is 9.05. The van der Waals surface area contributed by atoms with Crippen molar-refractivity contribution >= 4 is 36.6 Å². The summed E-state index contributed by atoms with van der Waals surface area (Å²) in [7, 11) is 3.49. The minimum atomic E-state index is -0.242. The second-order valence-corrected chi connectivity index (χ2v) is 7.21. The van der Waals surface area contributed by atoms with Crippen molar-refractivity contribution in [2.45, 2.75) is 51.7 Å². The van der Waals surface area contributed by atoms with E-state index in [0.29, 0.717) is 12.5 Å². The molecule has 2 heterocycles. The molecule has 6 nitrogen and oxygen atoms in total. The first kappa shape index (κ1) is 25.6. The van der Waals surface area contributed by atoms with Crippen LogP contribution in [0.3, 0.4) is 0 Å². The summed E-state index contributed by atoms with van der Waals surface area (Å²) in [5.41, 5.74) is 1.01. The maximum atomic E-state index is 13.0. The van der Waals surface area contributed by atoms with Crippen LogP contribution in [0.15, 0.2) is 24.5 Å². The number of carbonyl (C=O) groups excluding carboxylic acids is 2. The van der Waals surface area contributed by atoms with Crippen LogP contribution in [0.4, 0.5) is 0 Å². The molecule has 0 radical (unpaired) electrons. The highest BCUT2D eigenvalue weighted by atomic mass is 35.5. The van der Waals surface area contributed by atoms with Gasteiger partial charge in [-0.2, -0.15) is 0 Å². The van der Waals surface area contributed by atoms with Crippen LogP contribution >= 0.6 is 24.8 Å². The van der Waals surface area contributed by atoms with Gasteiger partial charge in [-0.15, -0.1) is 24.8 Å². The van der Waals surface area contributed by atoms with E-state index in [1.807, 2.05) is 19.2 Å². The Morgan fingerprint density at radius 3 is 2.63 bits per heavy atom. The number of nitrogens with zero attached hydrogens (tertiary/aromatic N) is 3. The molecule has 2 rings (SSSR count). The van der Waals surface area contributed by atoms with Crippen LogP contribution in [0.2, 0.25) is 0 Å². The summed E-state index contributed by atoms with van der Waals surface area (Å²) in [6.07, 6.45) is 6.02. The van der Waals surface area contributed by atoms with Crippen LogP contribution in [0.5, 0.6) is 0 Å². The molecule has 0 aliphatic carbocycles. The van der Waals surface area contributed by atoms with E-state index in [-0.39, 0.29) is 48.7 Å². The maximum Gasteiger partial charge on any atom is 0.239 e. The standard InChI is InChI=1S/C19H30N4O2.2ClH/c1-14(2)11-17(18(24)20-3)23-10-6-8-16(23)19(25)22(4)13-15-7-5-9-21-12-15;;/h5,7,9,12,14,16-17H,6,8,10-11,13H2,1-4H3,(H,20,24);2*1H/t16-,17+;;/m0../s1. The van der Waals surface area contributed by atoms with E-state index in [9.17, 15) is 9.59 Å². The number of likely N-dealkylation sites (N-methyl/N-ethyl adjacent to an activating group) is 2. The number of hydrogen-bond donors (Lipinski definition) is 1. The first-order valence-electron chi connectivity index (χ1n) is 9.05. The predicted molar refractivity (Wildman–Crippen MR) is 112 cm³/mol. The van der Waals surface area contributed by atoms with E-state index in [0.717, 1.165) is 31.4 Å². The van der Waals surface area contributed by atoms with Gasteiger partial charge >= 0.3 is 0 Å². The highest BCUT2D eigenvalue weighted by molar-refractivity contribution is 5.86. The van der Waals surface area contributed by atoms with Gasteiger partial charge in [0, 0.05) is 33.0 Å². The van der Waals surface area contributed by atoms with Crippen molar-refractivity contribution in [2.24, 2.45) is 5.92 Å². The normalized spacial score (nSPS) is 17.6. The molecular formula is C19H32Cl2N4O2. The largest absolute Gasteiger partial charge is 0.358 e. The molecule has 8 heteroatoms. The zero-order chi connectivity index (χ0) is 18.4. The molecule has 1 fully saturated rings. The summed E-state index contributed by atoms with van der Waals surface area (Å²) in [5.74, 6) is 0.481. The smallest absolute Gasteiger partial charge is 0.239 e. The predicted octanol–water partition coefficient (Wildman–Crippen LogP) is 2.51. The van der Waals surface area contributed by atoms with Gasteiger partial charge in [0.15, 0.2) is 0 Å². The highest BCUT2D eigenvalue weighted by Gasteiger charge is 2.39. The quantitative estimate of drug-likeness (QED) is 0.738. The molecule has 0 spiro atoms. The second kappa shape index (κ2) is 12.2. The second-order valence-electron chi connectivity index (χ2n) is 7.21. The lowest BCUT2D eigenvalue weighted by Gasteiger charge is -2.34. The molecule has 0 saturated carbocycles. The average molecular weight is 419 g/mol. The zero-order valence-corrected chi connectivity index (χ0v) is 18.2. The van der Waals surface area contributed by atoms with Crippen molar-refractivity contribution < 1.29 is 9.59 Å². The van der Waals surface area contributed by atoms with E-state index >= 15 is 0 Å². The van der Waals surface area contributed by atoms with Gasteiger partial charge in [0.2, 0.25) is 11.8 Å². The van der Waals surface area contributed by atoms with Crippen LogP contribution in [0, 0.1) is 5.92 Å². The van der Waals surface area contributed by atoms with Crippen LogP contribution in [-0.4, -0.2) is 59.3 Å². The number of nitrogens with one attached hydrogen (secondary N) is 1. The summed E-state index contributed by atoms with van der Waals surface area (Å²) < 4.78 is 0. The number of pyridine rings is 1. The zero-order valence-electron chi connectivity index (χ0n) is 16.6. The van der Waals surface area contributed by atoms with Gasteiger partial charge in [-0.1, -0.05) is 19.9 Å². The van der Waals surface area contributed by atoms with E-state index < -0.39 is 0 Å². The molecule has 1 aliphatic rings. The summed E-state index contributed by atoms with van der Waals surface area (Å²) in [5, 5.41) is 2.76. The Kier molecular flexibility index (Phi) is 11.5. The van der Waals surface area contributed by atoms with Gasteiger partial charge in [0.05, 0.1) is 12.1 Å². The third-order valence-corrected chi connectivity index (χ3v) is 4.74. The molecule has 1 N–H and O–H groups in total. The van der Waals surface area contributed by atoms with Crippen molar-refractivity contribution in [3.63, 3.8) is 0 Å². The third kappa shape index (κ3) is 6.94. The molecule has 154 valence electrons. The SMILES string of the molecule is CNC(=O)[C@@H](CC(C)C)N1CCC[C@H]1C(=O)N(C)Cc1cccnc1.Cl.Cl. The minimum absolute atomic E-state index is 0. The van der Waals surface area contributed by atoms with Crippen LogP contribution in [0.1, 0.15) is 38.7 Å². The Bertz CT molecular complexity index is 586. The number of carbonyl (C=O) groups is 2. The Hall–Kier alpha value is -1.37. The number of likely N-dealkylation sites (tertiary alicyclic amines) is 1. The van der Waals surface area contributed by atoms with E-state index in [1.54, 1.807) is 24.3 Å². The third-order valence-electron chi connectivity index (χ3n) is 4.74. The molecule has 2 atom stereocenters. The monoisotopic (exact) mass is 418 g/mol. The first-order chi connectivity index (χ1) is 11.9. The number of rotatable bonds is 7. The fourth-order valence-corrected chi connectivity index (χ4v) is 3.53. The van der Waals surface area contributed by atoms with Crippen LogP contribution in [0.25, 0.3) is 0 Å². The number of amides is 2. The van der Waals surface area contributed by atoms with E-state index in [2.05, 4.69) is 29.0 Å². The van der Waals surface area contributed by atoms with Crippen LogP contribution < -0.4 is 5.32 Å². The fraction of sp³-hybridized carbons (Fsp3) is 0.632. The Labute approximate surface area is 174 Å². The van der Waals surface area contributed by atoms with Gasteiger partial charge in [0.25, 0.3) is 0 Å². The number of halogens is 2. The molecule has 1 aliphatic heterocycles. The van der Waals surface area contributed by atoms with E-state index in [4.69, 9.17) is 0 Å². The maximum absolute atomic E-state index is 13.0. The molecule has 0 aromatic carbocycles. The van der Waals surface area contributed by atoms with Crippen molar-refractivity contribution in [3.05, 3.63) is 30.1 Å². The Balaban J connectivity index is 0.00000338. The Morgan fingerprint density at radius 1 is 1.37 bits per heavy atom. The lowest BCUT2D eigenvalue weighted by molar-refractivity contribution is -0.138. The average Bonchev–Trinajstić information content (AvgIpc) is 3.08. The molecular weight excluding hydrogens is 387 g/mol. The van der Waals surface area contributed by atoms with Crippen molar-refractivity contribution in [3.8, 4) is 0 Å². The number of hydrogen-bond acceptors (Lipinski definition) is 4. The molecule has 0 bridgehead atoms. The molecule has 2 amide bonds. The molecule has 27 heavy (non-hydrogen) atoms. The topological polar surface area (TPSA) is 65.5 Å². The molecule has 1 saturated heterocycles. The van der Waals surface area contributed by atoms with Gasteiger partial charge < -0.3 is 10.2 Å². The summed E-state index contributed by atoms with van der Waals surface area (Å²) in [6, 6.07) is 3.38. The van der Waals surface area contributed by atoms with Crippen LogP contribution in [-0.2, 0) is 16.1 Å². The fourth-order valence-electron chi connectivity index (χ4n) is 3.53. The van der Waals surface area contributed by atoms with Gasteiger partial charge in [0.1, 0.15) is 0 Å². The van der Waals surface area contributed by atoms with Crippen molar-refractivity contribution in [2.75, 3.05) is 20.6 Å². The van der Waals surface area contributed by atoms with Crippen molar-refractivity contribution in [1.29, 1.82) is 0 Å². The molecule has 1 aromatic rings. The molecule has 1 aromatic heterocycles. The van der Waals surface area contributed by atoms with Gasteiger partial charge in [-0.3, -0.25) is 19.5 Å². The lowest BCUT2D eigenvalue weighted by atomic mass is 10.0.